The molecule has 1 heterocycles. The lowest BCUT2D eigenvalue weighted by Gasteiger charge is -2.55. The van der Waals surface area contributed by atoms with Crippen LogP contribution in [0.4, 0.5) is 11.4 Å². The number of fused-ring (bicyclic) bond motifs is 1. The Morgan fingerprint density at radius 1 is 1.09 bits per heavy atom. The summed E-state index contributed by atoms with van der Waals surface area (Å²) in [6, 6.07) is 17.3. The second kappa shape index (κ2) is 6.51. The summed E-state index contributed by atoms with van der Waals surface area (Å²) in [4.78, 5) is 0. The van der Waals surface area contributed by atoms with Gasteiger partial charge >= 0.3 is 0 Å². The molecule has 0 spiro atoms. The summed E-state index contributed by atoms with van der Waals surface area (Å²) >= 11 is 0. The fraction of sp³-hybridized carbons (Fsp3) is 0.294. The summed E-state index contributed by atoms with van der Waals surface area (Å²) in [5.74, 6) is 0. The highest BCUT2D eigenvalue weighted by atomic mass is 32.3. The SMILES string of the molecule is CC(CCN)N1Cc2ccccc2N(c2ccccc2)S1(O)O. The highest BCUT2D eigenvalue weighted by Gasteiger charge is 2.39. The first-order chi connectivity index (χ1) is 11.1. The third kappa shape index (κ3) is 2.96. The normalized spacial score (nSPS) is 19.9. The molecule has 3 rings (SSSR count). The van der Waals surface area contributed by atoms with E-state index in [2.05, 4.69) is 0 Å². The molecule has 0 aliphatic carbocycles. The topological polar surface area (TPSA) is 73.0 Å². The van der Waals surface area contributed by atoms with Gasteiger partial charge in [-0.05, 0) is 54.6 Å². The van der Waals surface area contributed by atoms with E-state index in [1.165, 1.54) is 0 Å². The van der Waals surface area contributed by atoms with E-state index >= 15 is 0 Å². The highest BCUT2D eigenvalue weighted by molar-refractivity contribution is 8.23. The number of benzene rings is 2. The predicted octanol–water partition coefficient (Wildman–Crippen LogP) is 3.96. The van der Waals surface area contributed by atoms with Crippen molar-refractivity contribution in [2.45, 2.75) is 25.9 Å². The van der Waals surface area contributed by atoms with Gasteiger partial charge in [-0.25, -0.2) is 4.31 Å². The number of nitrogens with two attached hydrogens (primary N) is 1. The van der Waals surface area contributed by atoms with Crippen LogP contribution in [0.5, 0.6) is 0 Å². The highest BCUT2D eigenvalue weighted by Crippen LogP contribution is 2.59. The van der Waals surface area contributed by atoms with Crippen molar-refractivity contribution in [1.82, 2.24) is 4.31 Å². The van der Waals surface area contributed by atoms with Crippen molar-refractivity contribution in [1.29, 1.82) is 0 Å². The average molecular weight is 333 g/mol. The van der Waals surface area contributed by atoms with Crippen LogP contribution in [0, 0.1) is 0 Å². The Kier molecular flexibility index (Phi) is 4.61. The van der Waals surface area contributed by atoms with Crippen molar-refractivity contribution < 1.29 is 9.11 Å². The second-order valence-electron chi connectivity index (χ2n) is 5.75. The molecule has 2 aromatic rings. The van der Waals surface area contributed by atoms with Crippen LogP contribution in [-0.2, 0) is 6.54 Å². The van der Waals surface area contributed by atoms with Crippen LogP contribution in [0.1, 0.15) is 18.9 Å². The molecular formula is C17H23N3O2S. The molecule has 0 saturated carbocycles. The zero-order valence-corrected chi connectivity index (χ0v) is 14.0. The zero-order valence-electron chi connectivity index (χ0n) is 13.2. The Labute approximate surface area is 139 Å². The molecule has 1 unspecified atom stereocenters. The summed E-state index contributed by atoms with van der Waals surface area (Å²) in [6.07, 6.45) is 0.709. The molecule has 0 fully saturated rings. The van der Waals surface area contributed by atoms with Gasteiger partial charge in [-0.15, -0.1) is 0 Å². The average Bonchev–Trinajstić information content (AvgIpc) is 2.54. The third-order valence-electron chi connectivity index (χ3n) is 4.16. The Bertz CT molecular complexity index is 666. The van der Waals surface area contributed by atoms with Gasteiger partial charge in [0.1, 0.15) is 0 Å². The van der Waals surface area contributed by atoms with E-state index in [0.717, 1.165) is 16.9 Å². The zero-order chi connectivity index (χ0) is 16.4. The fourth-order valence-corrected chi connectivity index (χ4v) is 4.92. The maximum Gasteiger partial charge on any atom is 0.0686 e. The summed E-state index contributed by atoms with van der Waals surface area (Å²) in [5, 5.41) is 0. The summed E-state index contributed by atoms with van der Waals surface area (Å²) in [5.41, 5.74) is 8.36. The maximum absolute atomic E-state index is 11.0. The Morgan fingerprint density at radius 3 is 2.43 bits per heavy atom. The molecule has 1 aliphatic rings. The molecule has 2 aromatic carbocycles. The van der Waals surface area contributed by atoms with Gasteiger partial charge in [0.2, 0.25) is 0 Å². The summed E-state index contributed by atoms with van der Waals surface area (Å²) < 4.78 is 25.5. The van der Waals surface area contributed by atoms with Crippen molar-refractivity contribution in [3.8, 4) is 0 Å². The second-order valence-corrected chi connectivity index (χ2v) is 7.56. The van der Waals surface area contributed by atoms with Gasteiger partial charge in [0.15, 0.2) is 0 Å². The van der Waals surface area contributed by atoms with Crippen molar-refractivity contribution in [2.75, 3.05) is 10.8 Å². The van der Waals surface area contributed by atoms with Crippen LogP contribution in [0.2, 0.25) is 0 Å². The van der Waals surface area contributed by atoms with Gasteiger partial charge < -0.3 is 5.73 Å². The molecule has 23 heavy (non-hydrogen) atoms. The monoisotopic (exact) mass is 333 g/mol. The lowest BCUT2D eigenvalue weighted by molar-refractivity contribution is 0.274. The summed E-state index contributed by atoms with van der Waals surface area (Å²) in [6.45, 7) is 3.00. The Balaban J connectivity index is 2.11. The molecule has 1 atom stereocenters. The number of anilines is 2. The minimum atomic E-state index is -3.14. The quantitative estimate of drug-likeness (QED) is 0.790. The van der Waals surface area contributed by atoms with E-state index in [0.29, 0.717) is 19.5 Å². The van der Waals surface area contributed by atoms with Gasteiger partial charge in [-0.2, -0.15) is 4.31 Å². The van der Waals surface area contributed by atoms with Gasteiger partial charge in [0.25, 0.3) is 0 Å². The molecule has 0 aromatic heterocycles. The van der Waals surface area contributed by atoms with Crippen LogP contribution in [0.3, 0.4) is 0 Å². The number of hydrogen-bond acceptors (Lipinski definition) is 5. The van der Waals surface area contributed by atoms with Crippen molar-refractivity contribution in [3.05, 3.63) is 60.2 Å². The van der Waals surface area contributed by atoms with Gasteiger partial charge in [0, 0.05) is 12.6 Å². The van der Waals surface area contributed by atoms with Crippen LogP contribution in [-0.4, -0.2) is 26.0 Å². The predicted molar refractivity (Wildman–Crippen MR) is 96.5 cm³/mol. The molecule has 0 radical (unpaired) electrons. The van der Waals surface area contributed by atoms with Gasteiger partial charge in [0.05, 0.1) is 11.4 Å². The Hall–Kier alpha value is -1.57. The maximum atomic E-state index is 11.0. The lowest BCUT2D eigenvalue weighted by atomic mass is 10.1. The molecule has 6 heteroatoms. The first-order valence-electron chi connectivity index (χ1n) is 7.74. The molecule has 0 saturated heterocycles. The minimum Gasteiger partial charge on any atom is -0.330 e. The lowest BCUT2D eigenvalue weighted by Crippen LogP contribution is -2.46. The van der Waals surface area contributed by atoms with E-state index in [9.17, 15) is 9.11 Å². The molecule has 1 aliphatic heterocycles. The van der Waals surface area contributed by atoms with E-state index in [-0.39, 0.29) is 6.04 Å². The van der Waals surface area contributed by atoms with E-state index in [4.69, 9.17) is 5.73 Å². The molecule has 4 N–H and O–H groups in total. The van der Waals surface area contributed by atoms with E-state index in [1.54, 1.807) is 8.61 Å². The number of nitrogens with zero attached hydrogens (tertiary/aromatic N) is 2. The third-order valence-corrected chi connectivity index (χ3v) is 6.18. The smallest absolute Gasteiger partial charge is 0.0686 e. The van der Waals surface area contributed by atoms with Crippen molar-refractivity contribution in [3.63, 3.8) is 0 Å². The number of rotatable bonds is 4. The number of para-hydroxylation sites is 2. The molecule has 0 bridgehead atoms. The van der Waals surface area contributed by atoms with Gasteiger partial charge in [-0.3, -0.25) is 9.11 Å². The minimum absolute atomic E-state index is 0.0235. The first-order valence-corrected chi connectivity index (χ1v) is 9.20. The fourth-order valence-electron chi connectivity index (χ4n) is 2.96. The molecular weight excluding hydrogens is 310 g/mol. The summed E-state index contributed by atoms with van der Waals surface area (Å²) in [7, 11) is -3.14. The van der Waals surface area contributed by atoms with Crippen LogP contribution >= 0.6 is 11.0 Å². The van der Waals surface area contributed by atoms with Crippen LogP contribution in [0.25, 0.3) is 0 Å². The van der Waals surface area contributed by atoms with Crippen LogP contribution < -0.4 is 10.0 Å². The largest absolute Gasteiger partial charge is 0.330 e. The first kappa shape index (κ1) is 16.3. The standard InChI is InChI=1S/C17H23N3O2S/c1-14(11-12-18)19-13-15-7-5-6-10-17(15)20(23(19,21)22)16-8-3-2-4-9-16/h2-10,14,21-22H,11-13,18H2,1H3. The molecule has 124 valence electrons. The number of hydrogen-bond donors (Lipinski definition) is 3. The van der Waals surface area contributed by atoms with Gasteiger partial charge in [-0.1, -0.05) is 36.4 Å². The molecule has 5 nitrogen and oxygen atoms in total. The van der Waals surface area contributed by atoms with Crippen molar-refractivity contribution >= 4 is 22.3 Å². The van der Waals surface area contributed by atoms with E-state index in [1.807, 2.05) is 61.5 Å². The van der Waals surface area contributed by atoms with E-state index < -0.39 is 11.0 Å². The van der Waals surface area contributed by atoms with Crippen molar-refractivity contribution in [2.24, 2.45) is 5.73 Å². The van der Waals surface area contributed by atoms with Crippen LogP contribution in [0.15, 0.2) is 54.6 Å². The molecule has 0 amide bonds. The Morgan fingerprint density at radius 2 is 1.74 bits per heavy atom.